The van der Waals surface area contributed by atoms with Crippen LogP contribution in [0, 0.1) is 6.92 Å². The van der Waals surface area contributed by atoms with E-state index in [1.165, 1.54) is 16.3 Å². The van der Waals surface area contributed by atoms with Crippen molar-refractivity contribution in [2.45, 2.75) is 31.6 Å². The van der Waals surface area contributed by atoms with Crippen molar-refractivity contribution in [2.24, 2.45) is 0 Å². The summed E-state index contributed by atoms with van der Waals surface area (Å²) in [6.07, 6.45) is -0.417. The Balaban J connectivity index is 2.23. The lowest BCUT2D eigenvalue weighted by molar-refractivity contribution is 0.108. The maximum Gasteiger partial charge on any atom is 0.409 e. The van der Waals surface area contributed by atoms with E-state index in [1.54, 1.807) is 6.07 Å². The number of nitrogens with zero attached hydrogens (tertiary/aromatic N) is 2. The number of amides is 1. The number of piperazine rings is 1. The topological polar surface area (TPSA) is 66.9 Å². The van der Waals surface area contributed by atoms with Gasteiger partial charge in [-0.3, -0.25) is 0 Å². The number of hydrogen-bond donors (Lipinski definition) is 0. The quantitative estimate of drug-likeness (QED) is 0.846. The molecule has 7 heteroatoms. The highest BCUT2D eigenvalue weighted by Gasteiger charge is 2.31. The van der Waals surface area contributed by atoms with Gasteiger partial charge in [0.2, 0.25) is 10.0 Å². The summed E-state index contributed by atoms with van der Waals surface area (Å²) < 4.78 is 32.0. The molecule has 1 aliphatic heterocycles. The van der Waals surface area contributed by atoms with Crippen LogP contribution in [0.2, 0.25) is 0 Å². The Morgan fingerprint density at radius 1 is 1.17 bits per heavy atom. The van der Waals surface area contributed by atoms with Gasteiger partial charge in [0.1, 0.15) is 0 Å². The van der Waals surface area contributed by atoms with Crippen LogP contribution in [0.25, 0.3) is 0 Å². The summed E-state index contributed by atoms with van der Waals surface area (Å²) >= 11 is 0. The van der Waals surface area contributed by atoms with Crippen LogP contribution < -0.4 is 0 Å². The number of carbonyl (C=O) groups excluding carboxylic acids is 1. The monoisotopic (exact) mass is 340 g/mol. The number of sulfonamides is 1. The van der Waals surface area contributed by atoms with Gasteiger partial charge in [-0.15, -0.1) is 0 Å². The minimum absolute atomic E-state index is 0.265. The van der Waals surface area contributed by atoms with Gasteiger partial charge in [0, 0.05) is 26.2 Å². The Kier molecular flexibility index (Phi) is 5.31. The predicted octanol–water partition coefficient (Wildman–Crippen LogP) is 2.19. The molecular formula is C16H24N2O4S. The third-order valence-corrected chi connectivity index (χ3v) is 6.21. The third kappa shape index (κ3) is 3.67. The number of carbonyl (C=O) groups is 1. The lowest BCUT2D eigenvalue weighted by Crippen LogP contribution is -2.50. The number of aryl methyl sites for hydroxylation is 1. The van der Waals surface area contributed by atoms with Crippen molar-refractivity contribution in [1.29, 1.82) is 0 Å². The van der Waals surface area contributed by atoms with Crippen LogP contribution in [0.3, 0.4) is 0 Å². The summed E-state index contributed by atoms with van der Waals surface area (Å²) in [6.45, 7) is 7.13. The Hall–Kier alpha value is -1.60. The van der Waals surface area contributed by atoms with E-state index in [2.05, 4.69) is 4.74 Å². The molecule has 1 amide bonds. The summed E-state index contributed by atoms with van der Waals surface area (Å²) in [6, 6.07) is 5.59. The zero-order valence-electron chi connectivity index (χ0n) is 14.1. The molecule has 23 heavy (non-hydrogen) atoms. The number of hydrogen-bond acceptors (Lipinski definition) is 4. The third-order valence-electron chi connectivity index (χ3n) is 4.17. The van der Waals surface area contributed by atoms with Crippen molar-refractivity contribution in [1.82, 2.24) is 9.21 Å². The summed E-state index contributed by atoms with van der Waals surface area (Å²) in [5.41, 5.74) is 1.74. The molecule has 0 unspecified atom stereocenters. The fraction of sp³-hybridized carbons (Fsp3) is 0.562. The summed E-state index contributed by atoms with van der Waals surface area (Å²) in [5.74, 6) is 0.265. The minimum atomic E-state index is -3.55. The molecule has 1 aromatic carbocycles. The Morgan fingerprint density at radius 2 is 1.78 bits per heavy atom. The second-order valence-electron chi connectivity index (χ2n) is 6.04. The van der Waals surface area contributed by atoms with Gasteiger partial charge in [-0.2, -0.15) is 4.31 Å². The van der Waals surface area contributed by atoms with Crippen LogP contribution in [0.15, 0.2) is 23.1 Å². The molecule has 0 bridgehead atoms. The van der Waals surface area contributed by atoms with Crippen LogP contribution in [0.5, 0.6) is 0 Å². The fourth-order valence-electron chi connectivity index (χ4n) is 2.63. The predicted molar refractivity (Wildman–Crippen MR) is 88.0 cm³/mol. The number of benzene rings is 1. The smallest absolute Gasteiger partial charge is 0.409 e. The maximum atomic E-state index is 12.9. The average molecular weight is 340 g/mol. The molecule has 1 fully saturated rings. The van der Waals surface area contributed by atoms with Crippen molar-refractivity contribution >= 4 is 16.1 Å². The van der Waals surface area contributed by atoms with E-state index in [-0.39, 0.29) is 19.0 Å². The molecule has 2 rings (SSSR count). The van der Waals surface area contributed by atoms with E-state index in [0.29, 0.717) is 18.0 Å². The highest BCUT2D eigenvalue weighted by molar-refractivity contribution is 7.89. The molecule has 1 saturated heterocycles. The fourth-order valence-corrected chi connectivity index (χ4v) is 4.32. The number of ether oxygens (including phenoxy) is 1. The molecule has 0 radical (unpaired) electrons. The standard InChI is InChI=1S/C16H24N2O4S/c1-12(2)14-6-5-13(3)15(11-14)23(20,21)18-9-7-17(8-10-18)16(19)22-4/h5-6,11-12H,7-10H2,1-4H3. The Bertz CT molecular complexity index is 677. The molecule has 0 atom stereocenters. The van der Waals surface area contributed by atoms with Gasteiger partial charge < -0.3 is 9.64 Å². The van der Waals surface area contributed by atoms with Gasteiger partial charge in [-0.05, 0) is 30.0 Å². The van der Waals surface area contributed by atoms with E-state index < -0.39 is 16.1 Å². The van der Waals surface area contributed by atoms with E-state index in [0.717, 1.165) is 11.1 Å². The average Bonchev–Trinajstić information content (AvgIpc) is 2.54. The van der Waals surface area contributed by atoms with Gasteiger partial charge in [0.05, 0.1) is 12.0 Å². The van der Waals surface area contributed by atoms with Crippen molar-refractivity contribution in [3.05, 3.63) is 29.3 Å². The number of rotatable bonds is 3. The lowest BCUT2D eigenvalue weighted by Gasteiger charge is -2.33. The first-order valence-corrected chi connectivity index (χ1v) is 9.15. The first kappa shape index (κ1) is 17.7. The minimum Gasteiger partial charge on any atom is -0.453 e. The Morgan fingerprint density at radius 3 is 2.30 bits per heavy atom. The summed E-state index contributed by atoms with van der Waals surface area (Å²) in [5, 5.41) is 0. The van der Waals surface area contributed by atoms with Gasteiger partial charge in [-0.1, -0.05) is 26.0 Å². The zero-order valence-corrected chi connectivity index (χ0v) is 14.9. The second-order valence-corrected chi connectivity index (χ2v) is 7.95. The molecule has 0 N–H and O–H groups in total. The van der Waals surface area contributed by atoms with Gasteiger partial charge >= 0.3 is 6.09 Å². The van der Waals surface area contributed by atoms with Gasteiger partial charge in [0.15, 0.2) is 0 Å². The SMILES string of the molecule is COC(=O)N1CCN(S(=O)(=O)c2cc(C(C)C)ccc2C)CC1. The molecule has 0 aliphatic carbocycles. The van der Waals surface area contributed by atoms with E-state index in [9.17, 15) is 13.2 Å². The Labute approximate surface area is 138 Å². The zero-order chi connectivity index (χ0) is 17.2. The molecule has 1 aliphatic rings. The van der Waals surface area contributed by atoms with Crippen LogP contribution in [0.1, 0.15) is 30.9 Å². The molecule has 0 spiro atoms. The van der Waals surface area contributed by atoms with Crippen LogP contribution in [-0.2, 0) is 14.8 Å². The van der Waals surface area contributed by atoms with Crippen molar-refractivity contribution < 1.29 is 17.9 Å². The molecule has 0 aromatic heterocycles. The first-order valence-electron chi connectivity index (χ1n) is 7.71. The normalized spacial score (nSPS) is 16.7. The number of methoxy groups -OCH3 is 1. The van der Waals surface area contributed by atoms with E-state index in [4.69, 9.17) is 0 Å². The molecule has 1 aromatic rings. The molecule has 1 heterocycles. The highest BCUT2D eigenvalue weighted by Crippen LogP contribution is 2.25. The summed E-state index contributed by atoms with van der Waals surface area (Å²) in [4.78, 5) is 13.4. The van der Waals surface area contributed by atoms with Crippen molar-refractivity contribution in [2.75, 3.05) is 33.3 Å². The molecular weight excluding hydrogens is 316 g/mol. The van der Waals surface area contributed by atoms with E-state index in [1.807, 2.05) is 32.9 Å². The van der Waals surface area contributed by atoms with Crippen molar-refractivity contribution in [3.8, 4) is 0 Å². The van der Waals surface area contributed by atoms with Crippen LogP contribution in [0.4, 0.5) is 4.79 Å². The largest absolute Gasteiger partial charge is 0.453 e. The lowest BCUT2D eigenvalue weighted by atomic mass is 10.0. The van der Waals surface area contributed by atoms with Crippen molar-refractivity contribution in [3.63, 3.8) is 0 Å². The first-order chi connectivity index (χ1) is 10.8. The molecule has 128 valence electrons. The summed E-state index contributed by atoms with van der Waals surface area (Å²) in [7, 11) is -2.22. The van der Waals surface area contributed by atoms with Gasteiger partial charge in [0.25, 0.3) is 0 Å². The molecule has 0 saturated carbocycles. The highest BCUT2D eigenvalue weighted by atomic mass is 32.2. The van der Waals surface area contributed by atoms with Gasteiger partial charge in [-0.25, -0.2) is 13.2 Å². The maximum absolute atomic E-state index is 12.9. The van der Waals surface area contributed by atoms with Crippen LogP contribution >= 0.6 is 0 Å². The van der Waals surface area contributed by atoms with Crippen LogP contribution in [-0.4, -0.2) is 57.0 Å². The molecule has 6 nitrogen and oxygen atoms in total. The van der Waals surface area contributed by atoms with E-state index >= 15 is 0 Å². The second kappa shape index (κ2) is 6.88.